The zero-order valence-corrected chi connectivity index (χ0v) is 13.2. The van der Waals surface area contributed by atoms with Gasteiger partial charge in [0.15, 0.2) is 0 Å². The molecule has 0 aliphatic rings. The van der Waals surface area contributed by atoms with Gasteiger partial charge in [0.25, 0.3) is 0 Å². The molecular weight excluding hydrogens is 258 g/mol. The molecular formula is C19H23NO. The van der Waals surface area contributed by atoms with Gasteiger partial charge >= 0.3 is 0 Å². The van der Waals surface area contributed by atoms with Crippen molar-refractivity contribution >= 4 is 5.91 Å². The number of aryl methyl sites for hydroxylation is 3. The summed E-state index contributed by atoms with van der Waals surface area (Å²) in [6.07, 6.45) is 0.426. The van der Waals surface area contributed by atoms with Gasteiger partial charge in [-0.15, -0.1) is 0 Å². The third-order valence-electron chi connectivity index (χ3n) is 3.89. The standard InChI is InChI=1S/C19H23NO/c1-13-5-8-17(9-6-13)12-19(21)20-16(4)18-10-7-14(2)15(3)11-18/h5-11,16H,12H2,1-4H3,(H,20,21). The zero-order chi connectivity index (χ0) is 15.4. The van der Waals surface area contributed by atoms with Crippen LogP contribution in [0.25, 0.3) is 0 Å². The fraction of sp³-hybridized carbons (Fsp3) is 0.316. The van der Waals surface area contributed by atoms with E-state index in [1.54, 1.807) is 0 Å². The SMILES string of the molecule is Cc1ccc(CC(=O)NC(C)c2ccc(C)c(C)c2)cc1. The molecule has 0 aliphatic carbocycles. The van der Waals surface area contributed by atoms with Crippen LogP contribution in [0.1, 0.15) is 40.8 Å². The maximum atomic E-state index is 12.1. The summed E-state index contributed by atoms with van der Waals surface area (Å²) in [7, 11) is 0. The maximum absolute atomic E-state index is 12.1. The summed E-state index contributed by atoms with van der Waals surface area (Å²) in [5, 5.41) is 3.07. The van der Waals surface area contributed by atoms with Crippen LogP contribution >= 0.6 is 0 Å². The van der Waals surface area contributed by atoms with Crippen LogP contribution in [0.15, 0.2) is 42.5 Å². The Morgan fingerprint density at radius 3 is 2.29 bits per heavy atom. The normalized spacial score (nSPS) is 12.0. The number of amides is 1. The number of hydrogen-bond acceptors (Lipinski definition) is 1. The first-order chi connectivity index (χ1) is 9.95. The zero-order valence-electron chi connectivity index (χ0n) is 13.2. The van der Waals surface area contributed by atoms with Crippen LogP contribution in [0.5, 0.6) is 0 Å². The molecule has 0 spiro atoms. The molecule has 0 bridgehead atoms. The molecule has 1 atom stereocenters. The van der Waals surface area contributed by atoms with Crippen molar-refractivity contribution < 1.29 is 4.79 Å². The first-order valence-electron chi connectivity index (χ1n) is 7.38. The van der Waals surface area contributed by atoms with Gasteiger partial charge in [-0.1, -0.05) is 48.0 Å². The van der Waals surface area contributed by atoms with Crippen LogP contribution < -0.4 is 5.32 Å². The van der Waals surface area contributed by atoms with E-state index < -0.39 is 0 Å². The van der Waals surface area contributed by atoms with Crippen LogP contribution in [-0.4, -0.2) is 5.91 Å². The quantitative estimate of drug-likeness (QED) is 0.900. The minimum atomic E-state index is 0.0299. The van der Waals surface area contributed by atoms with E-state index in [0.29, 0.717) is 6.42 Å². The summed E-state index contributed by atoms with van der Waals surface area (Å²) in [6, 6.07) is 14.5. The molecule has 0 fully saturated rings. The molecule has 0 saturated heterocycles. The molecule has 0 aliphatic heterocycles. The van der Waals surface area contributed by atoms with Gasteiger partial charge in [0, 0.05) is 0 Å². The molecule has 2 rings (SSSR count). The number of carbonyl (C=O) groups excluding carboxylic acids is 1. The molecule has 110 valence electrons. The highest BCUT2D eigenvalue weighted by molar-refractivity contribution is 5.79. The second-order valence-electron chi connectivity index (χ2n) is 5.80. The number of carbonyl (C=O) groups is 1. The average Bonchev–Trinajstić information content (AvgIpc) is 2.44. The Balaban J connectivity index is 1.98. The molecule has 2 aromatic rings. The van der Waals surface area contributed by atoms with Crippen LogP contribution in [0.3, 0.4) is 0 Å². The Morgan fingerprint density at radius 2 is 1.67 bits per heavy atom. The van der Waals surface area contributed by atoms with E-state index in [9.17, 15) is 4.79 Å². The Hall–Kier alpha value is -2.09. The Kier molecular flexibility index (Phi) is 4.79. The van der Waals surface area contributed by atoms with E-state index in [1.807, 2.05) is 38.1 Å². The van der Waals surface area contributed by atoms with Crippen LogP contribution in [0.2, 0.25) is 0 Å². The van der Waals surface area contributed by atoms with Crippen LogP contribution in [0.4, 0.5) is 0 Å². The van der Waals surface area contributed by atoms with Gasteiger partial charge in [-0.2, -0.15) is 0 Å². The molecule has 2 heteroatoms. The van der Waals surface area contributed by atoms with Gasteiger partial charge in [-0.05, 0) is 49.9 Å². The summed E-state index contributed by atoms with van der Waals surface area (Å²) >= 11 is 0. The van der Waals surface area contributed by atoms with Crippen LogP contribution in [0, 0.1) is 20.8 Å². The summed E-state index contributed by atoms with van der Waals surface area (Å²) in [5.41, 5.74) is 5.94. The lowest BCUT2D eigenvalue weighted by molar-refractivity contribution is -0.121. The fourth-order valence-electron chi connectivity index (χ4n) is 2.30. The Bertz CT molecular complexity index is 629. The molecule has 0 radical (unpaired) electrons. The number of nitrogens with one attached hydrogen (secondary N) is 1. The molecule has 2 nitrogen and oxygen atoms in total. The third kappa shape index (κ3) is 4.19. The lowest BCUT2D eigenvalue weighted by Crippen LogP contribution is -2.28. The number of benzene rings is 2. The smallest absolute Gasteiger partial charge is 0.224 e. The van der Waals surface area contributed by atoms with Crippen molar-refractivity contribution in [2.45, 2.75) is 40.2 Å². The van der Waals surface area contributed by atoms with Gasteiger partial charge in [0.05, 0.1) is 12.5 Å². The molecule has 21 heavy (non-hydrogen) atoms. The van der Waals surface area contributed by atoms with Crippen molar-refractivity contribution in [2.75, 3.05) is 0 Å². The molecule has 0 heterocycles. The molecule has 0 aromatic heterocycles. The van der Waals surface area contributed by atoms with Crippen molar-refractivity contribution in [3.05, 3.63) is 70.3 Å². The van der Waals surface area contributed by atoms with Gasteiger partial charge in [0.2, 0.25) is 5.91 Å². The number of hydrogen-bond donors (Lipinski definition) is 1. The van der Waals surface area contributed by atoms with Crippen molar-refractivity contribution in [1.29, 1.82) is 0 Å². The topological polar surface area (TPSA) is 29.1 Å². The average molecular weight is 281 g/mol. The minimum Gasteiger partial charge on any atom is -0.349 e. The van der Waals surface area contributed by atoms with E-state index in [0.717, 1.165) is 11.1 Å². The van der Waals surface area contributed by atoms with E-state index in [2.05, 4.69) is 37.4 Å². The lowest BCUT2D eigenvalue weighted by atomic mass is 10.0. The van der Waals surface area contributed by atoms with Crippen molar-refractivity contribution in [1.82, 2.24) is 5.32 Å². The van der Waals surface area contributed by atoms with Gasteiger partial charge < -0.3 is 5.32 Å². The summed E-state index contributed by atoms with van der Waals surface area (Å²) < 4.78 is 0. The summed E-state index contributed by atoms with van der Waals surface area (Å²) in [5.74, 6) is 0.0598. The van der Waals surface area contributed by atoms with E-state index in [-0.39, 0.29) is 11.9 Å². The molecule has 1 N–H and O–H groups in total. The summed E-state index contributed by atoms with van der Waals surface area (Å²) in [6.45, 7) is 8.27. The predicted octanol–water partition coefficient (Wildman–Crippen LogP) is 4.03. The van der Waals surface area contributed by atoms with E-state index >= 15 is 0 Å². The van der Waals surface area contributed by atoms with Crippen LogP contribution in [-0.2, 0) is 11.2 Å². The Labute approximate surface area is 127 Å². The largest absolute Gasteiger partial charge is 0.349 e. The van der Waals surface area contributed by atoms with Crippen molar-refractivity contribution in [2.24, 2.45) is 0 Å². The van der Waals surface area contributed by atoms with Gasteiger partial charge in [-0.25, -0.2) is 0 Å². The Morgan fingerprint density at radius 1 is 1.00 bits per heavy atom. The molecule has 2 aromatic carbocycles. The molecule has 1 unspecified atom stereocenters. The highest BCUT2D eigenvalue weighted by Gasteiger charge is 2.10. The van der Waals surface area contributed by atoms with E-state index in [4.69, 9.17) is 0 Å². The summed E-state index contributed by atoms with van der Waals surface area (Å²) in [4.78, 5) is 12.1. The minimum absolute atomic E-state index is 0.0299. The highest BCUT2D eigenvalue weighted by atomic mass is 16.1. The fourth-order valence-corrected chi connectivity index (χ4v) is 2.30. The lowest BCUT2D eigenvalue weighted by Gasteiger charge is -2.16. The monoisotopic (exact) mass is 281 g/mol. The second-order valence-corrected chi connectivity index (χ2v) is 5.80. The van der Waals surface area contributed by atoms with Crippen molar-refractivity contribution in [3.63, 3.8) is 0 Å². The first-order valence-corrected chi connectivity index (χ1v) is 7.38. The third-order valence-corrected chi connectivity index (χ3v) is 3.89. The molecule has 1 amide bonds. The van der Waals surface area contributed by atoms with Crippen molar-refractivity contribution in [3.8, 4) is 0 Å². The molecule has 0 saturated carbocycles. The first kappa shape index (κ1) is 15.3. The number of rotatable bonds is 4. The van der Waals surface area contributed by atoms with E-state index in [1.165, 1.54) is 16.7 Å². The maximum Gasteiger partial charge on any atom is 0.224 e. The second kappa shape index (κ2) is 6.57. The highest BCUT2D eigenvalue weighted by Crippen LogP contribution is 2.17. The van der Waals surface area contributed by atoms with Gasteiger partial charge in [0.1, 0.15) is 0 Å². The predicted molar refractivity (Wildman–Crippen MR) is 87.4 cm³/mol. The van der Waals surface area contributed by atoms with Gasteiger partial charge in [-0.3, -0.25) is 4.79 Å².